The third-order valence-electron chi connectivity index (χ3n) is 2.84. The van der Waals surface area contributed by atoms with Crippen molar-refractivity contribution >= 4 is 40.6 Å². The van der Waals surface area contributed by atoms with Gasteiger partial charge in [0.05, 0.1) is 15.0 Å². The van der Waals surface area contributed by atoms with Gasteiger partial charge in [-0.1, -0.05) is 23.2 Å². The molecule has 0 aliphatic rings. The molecule has 2 rings (SSSR count). The first-order valence-electron chi connectivity index (χ1n) is 6.50. The molecule has 0 saturated carbocycles. The van der Waals surface area contributed by atoms with E-state index in [0.29, 0.717) is 0 Å². The minimum Gasteiger partial charge on any atom is -0.474 e. The molecule has 1 heterocycles. The molecule has 0 fully saturated rings. The van der Waals surface area contributed by atoms with Crippen molar-refractivity contribution in [2.24, 2.45) is 0 Å². The number of halogens is 3. The molecule has 10 heteroatoms. The first kappa shape index (κ1) is 17.9. The van der Waals surface area contributed by atoms with Gasteiger partial charge in [-0.05, 0) is 19.1 Å². The molecule has 1 aromatic heterocycles. The van der Waals surface area contributed by atoms with Gasteiger partial charge < -0.3 is 10.1 Å². The van der Waals surface area contributed by atoms with Crippen LogP contribution in [0.15, 0.2) is 30.5 Å². The van der Waals surface area contributed by atoms with Crippen LogP contribution in [0.25, 0.3) is 0 Å². The molecule has 1 atom stereocenters. The third-order valence-corrected chi connectivity index (χ3v) is 3.34. The summed E-state index contributed by atoms with van der Waals surface area (Å²) in [6.45, 7) is 1.34. The fourth-order valence-corrected chi connectivity index (χ4v) is 2.13. The average Bonchev–Trinajstić information content (AvgIpc) is 2.49. The lowest BCUT2D eigenvalue weighted by Gasteiger charge is -2.15. The Balaban J connectivity index is 2.14. The first-order chi connectivity index (χ1) is 11.3. The zero-order valence-corrected chi connectivity index (χ0v) is 13.6. The molecular weight excluding hydrogens is 364 g/mol. The number of carbonyl (C=O) groups excluding carboxylic acids is 1. The summed E-state index contributed by atoms with van der Waals surface area (Å²) in [6.07, 6.45) is 0.116. The van der Waals surface area contributed by atoms with Gasteiger partial charge in [0.2, 0.25) is 5.75 Å². The summed E-state index contributed by atoms with van der Waals surface area (Å²) in [5, 5.41) is 13.7. The van der Waals surface area contributed by atoms with E-state index < -0.39 is 28.4 Å². The summed E-state index contributed by atoms with van der Waals surface area (Å²) in [6, 6.07) is 4.09. The van der Waals surface area contributed by atoms with E-state index >= 15 is 0 Å². The van der Waals surface area contributed by atoms with Crippen molar-refractivity contribution in [1.29, 1.82) is 0 Å². The van der Waals surface area contributed by atoms with Crippen molar-refractivity contribution < 1.29 is 18.8 Å². The van der Waals surface area contributed by atoms with Crippen LogP contribution in [-0.2, 0) is 4.79 Å². The molecule has 0 saturated heterocycles. The van der Waals surface area contributed by atoms with Crippen molar-refractivity contribution in [2.75, 3.05) is 5.32 Å². The highest BCUT2D eigenvalue weighted by molar-refractivity contribution is 6.36. The third kappa shape index (κ3) is 4.30. The average molecular weight is 374 g/mol. The van der Waals surface area contributed by atoms with Crippen LogP contribution in [0.3, 0.4) is 0 Å². The SMILES string of the molecule is C[C@H](Oc1cc(F)ccc1[N+](=O)[O-])C(=O)Nc1ncc(Cl)cc1Cl. The molecule has 1 aromatic carbocycles. The van der Waals surface area contributed by atoms with E-state index in [1.165, 1.54) is 19.2 Å². The molecule has 0 aliphatic heterocycles. The summed E-state index contributed by atoms with van der Waals surface area (Å²) < 4.78 is 18.5. The molecule has 2 aromatic rings. The standard InChI is InChI=1S/C14H10Cl2FN3O4/c1-7(14(21)19-13-10(16)4-8(15)6-18-13)24-12-5-9(17)2-3-11(12)20(22)23/h2-7H,1H3,(H,18,19,21)/t7-/m0/s1. The monoisotopic (exact) mass is 373 g/mol. The number of amides is 1. The lowest BCUT2D eigenvalue weighted by molar-refractivity contribution is -0.386. The Morgan fingerprint density at radius 3 is 2.75 bits per heavy atom. The number of nitro benzene ring substituents is 1. The number of nitro groups is 1. The Morgan fingerprint density at radius 1 is 1.42 bits per heavy atom. The van der Waals surface area contributed by atoms with E-state index in [1.807, 2.05) is 0 Å². The van der Waals surface area contributed by atoms with Crippen molar-refractivity contribution in [3.8, 4) is 5.75 Å². The van der Waals surface area contributed by atoms with E-state index in [2.05, 4.69) is 10.3 Å². The van der Waals surface area contributed by atoms with Gasteiger partial charge in [-0.3, -0.25) is 14.9 Å². The van der Waals surface area contributed by atoms with Crippen LogP contribution in [0.1, 0.15) is 6.92 Å². The minimum absolute atomic E-state index is 0.0512. The Morgan fingerprint density at radius 2 is 2.12 bits per heavy atom. The molecule has 1 amide bonds. The maximum Gasteiger partial charge on any atom is 0.311 e. The fourth-order valence-electron chi connectivity index (χ4n) is 1.70. The normalized spacial score (nSPS) is 11.7. The molecule has 7 nitrogen and oxygen atoms in total. The maximum absolute atomic E-state index is 13.3. The smallest absolute Gasteiger partial charge is 0.311 e. The van der Waals surface area contributed by atoms with E-state index in [9.17, 15) is 19.3 Å². The Bertz CT molecular complexity index is 804. The molecule has 0 radical (unpaired) electrons. The number of nitrogens with zero attached hydrogens (tertiary/aromatic N) is 2. The number of aromatic nitrogens is 1. The number of nitrogens with one attached hydrogen (secondary N) is 1. The number of hydrogen-bond acceptors (Lipinski definition) is 5. The van der Waals surface area contributed by atoms with E-state index in [4.69, 9.17) is 27.9 Å². The van der Waals surface area contributed by atoms with Gasteiger partial charge in [0, 0.05) is 18.3 Å². The first-order valence-corrected chi connectivity index (χ1v) is 7.26. The van der Waals surface area contributed by atoms with E-state index in [-0.39, 0.29) is 21.6 Å². The number of benzene rings is 1. The van der Waals surface area contributed by atoms with Gasteiger partial charge >= 0.3 is 5.69 Å². The predicted molar refractivity (Wildman–Crippen MR) is 86.0 cm³/mol. The molecule has 0 spiro atoms. The van der Waals surface area contributed by atoms with Crippen LogP contribution in [0, 0.1) is 15.9 Å². The summed E-state index contributed by atoms with van der Waals surface area (Å²) >= 11 is 11.6. The number of rotatable bonds is 5. The van der Waals surface area contributed by atoms with Crippen LogP contribution in [-0.4, -0.2) is 21.9 Å². The second kappa shape index (κ2) is 7.41. The topological polar surface area (TPSA) is 94.4 Å². The second-order valence-corrected chi connectivity index (χ2v) is 5.45. The lowest BCUT2D eigenvalue weighted by atomic mass is 10.2. The summed E-state index contributed by atoms with van der Waals surface area (Å²) in [5.74, 6) is -1.72. The van der Waals surface area contributed by atoms with Crippen LogP contribution in [0.4, 0.5) is 15.9 Å². The second-order valence-electron chi connectivity index (χ2n) is 4.60. The van der Waals surface area contributed by atoms with Gasteiger partial charge in [0.15, 0.2) is 11.9 Å². The number of ether oxygens (including phenoxy) is 1. The summed E-state index contributed by atoms with van der Waals surface area (Å²) in [7, 11) is 0. The molecule has 1 N–H and O–H groups in total. The van der Waals surface area contributed by atoms with Gasteiger partial charge in [0.25, 0.3) is 5.91 Å². The highest BCUT2D eigenvalue weighted by atomic mass is 35.5. The van der Waals surface area contributed by atoms with Gasteiger partial charge in [-0.15, -0.1) is 0 Å². The van der Waals surface area contributed by atoms with Crippen LogP contribution in [0.5, 0.6) is 5.75 Å². The zero-order valence-electron chi connectivity index (χ0n) is 12.1. The van der Waals surface area contributed by atoms with Crippen LogP contribution < -0.4 is 10.1 Å². The molecular formula is C14H10Cl2FN3O4. The van der Waals surface area contributed by atoms with Crippen molar-refractivity contribution in [3.63, 3.8) is 0 Å². The number of pyridine rings is 1. The van der Waals surface area contributed by atoms with E-state index in [0.717, 1.165) is 18.2 Å². The van der Waals surface area contributed by atoms with Crippen LogP contribution in [0.2, 0.25) is 10.0 Å². The van der Waals surface area contributed by atoms with E-state index in [1.54, 1.807) is 0 Å². The largest absolute Gasteiger partial charge is 0.474 e. The number of hydrogen-bond donors (Lipinski definition) is 1. The zero-order chi connectivity index (χ0) is 17.9. The number of carbonyl (C=O) groups is 1. The van der Waals surface area contributed by atoms with Gasteiger partial charge in [-0.25, -0.2) is 9.37 Å². The fraction of sp³-hybridized carbons (Fsp3) is 0.143. The van der Waals surface area contributed by atoms with Gasteiger partial charge in [-0.2, -0.15) is 0 Å². The highest BCUT2D eigenvalue weighted by Crippen LogP contribution is 2.29. The minimum atomic E-state index is -1.17. The highest BCUT2D eigenvalue weighted by Gasteiger charge is 2.22. The Kier molecular flexibility index (Phi) is 5.53. The van der Waals surface area contributed by atoms with Gasteiger partial charge in [0.1, 0.15) is 5.82 Å². The molecule has 24 heavy (non-hydrogen) atoms. The lowest BCUT2D eigenvalue weighted by Crippen LogP contribution is -2.30. The summed E-state index contributed by atoms with van der Waals surface area (Å²) in [5.41, 5.74) is -0.460. The number of anilines is 1. The molecule has 126 valence electrons. The van der Waals surface area contributed by atoms with Crippen molar-refractivity contribution in [2.45, 2.75) is 13.0 Å². The molecule has 0 unspecified atom stereocenters. The predicted octanol–water partition coefficient (Wildman–Crippen LogP) is 3.84. The Labute approximate surface area is 145 Å². The Hall–Kier alpha value is -2.45. The molecule has 0 bridgehead atoms. The quantitative estimate of drug-likeness (QED) is 0.634. The summed E-state index contributed by atoms with van der Waals surface area (Å²) in [4.78, 5) is 26.1. The van der Waals surface area contributed by atoms with Crippen LogP contribution >= 0.6 is 23.2 Å². The van der Waals surface area contributed by atoms with Crippen molar-refractivity contribution in [3.05, 3.63) is 56.4 Å². The van der Waals surface area contributed by atoms with Crippen molar-refractivity contribution in [1.82, 2.24) is 4.98 Å². The maximum atomic E-state index is 13.3. The molecule has 0 aliphatic carbocycles.